The summed E-state index contributed by atoms with van der Waals surface area (Å²) >= 11 is 0. The third-order valence-electron chi connectivity index (χ3n) is 2.41. The summed E-state index contributed by atoms with van der Waals surface area (Å²) in [6.07, 6.45) is 0. The first-order chi connectivity index (χ1) is 8.97. The molecule has 118 valence electrons. The van der Waals surface area contributed by atoms with Gasteiger partial charge in [-0.05, 0) is 48.5 Å². The maximum absolute atomic E-state index is 11.6. The summed E-state index contributed by atoms with van der Waals surface area (Å²) in [6.45, 7) is 18.3. The Morgan fingerprint density at radius 3 is 2.10 bits per heavy atom. The van der Waals surface area contributed by atoms with Crippen molar-refractivity contribution >= 4 is 5.97 Å². The number of carbonyl (C=O) groups is 1. The minimum absolute atomic E-state index is 0.184. The summed E-state index contributed by atoms with van der Waals surface area (Å²) < 4.78 is 4.94. The Morgan fingerprint density at radius 1 is 1.15 bits per heavy atom. The number of hydrogen-bond donors (Lipinski definition) is 0. The summed E-state index contributed by atoms with van der Waals surface area (Å²) in [5, 5.41) is 0. The van der Waals surface area contributed by atoms with E-state index in [1.807, 2.05) is 46.4 Å². The third kappa shape index (κ3) is 8.30. The van der Waals surface area contributed by atoms with E-state index < -0.39 is 0 Å². The molecule has 0 bridgehead atoms. The van der Waals surface area contributed by atoms with Crippen LogP contribution >= 0.6 is 0 Å². The molecular weight excluding hydrogens is 258 g/mol. The maximum Gasteiger partial charge on any atom is 0.334 e. The second-order valence-electron chi connectivity index (χ2n) is 6.64. The van der Waals surface area contributed by atoms with Crippen LogP contribution in [0.2, 0.25) is 0 Å². The van der Waals surface area contributed by atoms with E-state index in [1.165, 1.54) is 0 Å². The van der Waals surface area contributed by atoms with Gasteiger partial charge in [0.25, 0.3) is 0 Å². The van der Waals surface area contributed by atoms with E-state index in [-0.39, 0.29) is 23.8 Å². The molecule has 0 unspecified atom stereocenters. The molecule has 0 aromatic carbocycles. The molecule has 20 heavy (non-hydrogen) atoms. The van der Waals surface area contributed by atoms with Crippen molar-refractivity contribution in [1.82, 2.24) is 4.90 Å². The van der Waals surface area contributed by atoms with Crippen LogP contribution in [0.3, 0.4) is 0 Å². The smallest absolute Gasteiger partial charge is 0.334 e. The van der Waals surface area contributed by atoms with Gasteiger partial charge in [-0.15, -0.1) is 0 Å². The molecule has 0 radical (unpaired) electrons. The highest BCUT2D eigenvalue weighted by Gasteiger charge is 2.25. The first kappa shape index (κ1) is 19.1. The van der Waals surface area contributed by atoms with Gasteiger partial charge in [0.2, 0.25) is 0 Å². The van der Waals surface area contributed by atoms with Crippen LogP contribution in [0.15, 0.2) is 12.2 Å². The molecule has 0 aliphatic carbocycles. The Labute approximate surface area is 122 Å². The van der Waals surface area contributed by atoms with Crippen LogP contribution in [-0.4, -0.2) is 41.9 Å². The lowest BCUT2D eigenvalue weighted by Gasteiger charge is -2.35. The Kier molecular flexibility index (Phi) is 7.41. The highest BCUT2D eigenvalue weighted by Crippen LogP contribution is 2.16. The summed E-state index contributed by atoms with van der Waals surface area (Å²) in [5.74, 6) is -0.376. The molecule has 0 N–H and O–H groups in total. The van der Waals surface area contributed by atoms with Gasteiger partial charge in [0.1, 0.15) is 6.73 Å². The number of nitrogens with zero attached hydrogens (tertiary/aromatic N) is 1. The van der Waals surface area contributed by atoms with E-state index in [2.05, 4.69) is 6.58 Å². The first-order valence-electron chi connectivity index (χ1n) is 6.88. The molecule has 0 fully saturated rings. The fourth-order valence-corrected chi connectivity index (χ4v) is 1.27. The second kappa shape index (κ2) is 7.76. The zero-order valence-electron chi connectivity index (χ0n) is 13.9. The molecule has 0 rings (SSSR count). The van der Waals surface area contributed by atoms with Crippen molar-refractivity contribution in [3.05, 3.63) is 12.2 Å². The SMILES string of the molecule is C=C(CN(COOC(C)(C)C)C(C)(C)C)C(=O)OCC. The third-order valence-corrected chi connectivity index (χ3v) is 2.41. The van der Waals surface area contributed by atoms with Crippen molar-refractivity contribution in [2.24, 2.45) is 0 Å². The average molecular weight is 287 g/mol. The van der Waals surface area contributed by atoms with Gasteiger partial charge in [-0.25, -0.2) is 14.6 Å². The van der Waals surface area contributed by atoms with Crippen LogP contribution < -0.4 is 0 Å². The molecule has 0 amide bonds. The highest BCUT2D eigenvalue weighted by molar-refractivity contribution is 5.88. The van der Waals surface area contributed by atoms with Gasteiger partial charge in [-0.1, -0.05) is 6.58 Å². The lowest BCUT2D eigenvalue weighted by Crippen LogP contribution is -2.45. The number of hydrogen-bond acceptors (Lipinski definition) is 5. The van der Waals surface area contributed by atoms with Gasteiger partial charge < -0.3 is 4.74 Å². The zero-order valence-corrected chi connectivity index (χ0v) is 13.9. The standard InChI is InChI=1S/C15H29NO4/c1-9-18-13(17)12(2)10-16(14(3,4)5)11-19-20-15(6,7)8/h2,9-11H2,1,3-8H3. The van der Waals surface area contributed by atoms with Crippen LogP contribution in [0.5, 0.6) is 0 Å². The van der Waals surface area contributed by atoms with Gasteiger partial charge in [0, 0.05) is 17.7 Å². The Balaban J connectivity index is 4.52. The quantitative estimate of drug-likeness (QED) is 0.237. The van der Waals surface area contributed by atoms with Crippen LogP contribution in [0.4, 0.5) is 0 Å². The summed E-state index contributed by atoms with van der Waals surface area (Å²) in [4.78, 5) is 24.1. The van der Waals surface area contributed by atoms with Crippen molar-refractivity contribution in [3.8, 4) is 0 Å². The average Bonchev–Trinajstić information content (AvgIpc) is 2.24. The monoisotopic (exact) mass is 287 g/mol. The van der Waals surface area contributed by atoms with E-state index in [9.17, 15) is 4.79 Å². The molecule has 0 spiro atoms. The zero-order chi connectivity index (χ0) is 16.0. The van der Waals surface area contributed by atoms with Crippen LogP contribution in [0.25, 0.3) is 0 Å². The Hall–Kier alpha value is -0.910. The summed E-state index contributed by atoms with van der Waals surface area (Å²) in [6, 6.07) is 0. The first-order valence-corrected chi connectivity index (χ1v) is 6.88. The van der Waals surface area contributed by atoms with Crippen molar-refractivity contribution in [2.45, 2.75) is 59.6 Å². The van der Waals surface area contributed by atoms with Gasteiger partial charge in [0.15, 0.2) is 0 Å². The maximum atomic E-state index is 11.6. The minimum atomic E-state index is -0.376. The number of rotatable bonds is 7. The molecule has 5 heteroatoms. The number of ether oxygens (including phenoxy) is 1. The van der Waals surface area contributed by atoms with Gasteiger partial charge >= 0.3 is 5.97 Å². The van der Waals surface area contributed by atoms with E-state index in [4.69, 9.17) is 14.5 Å². The van der Waals surface area contributed by atoms with E-state index in [0.717, 1.165) is 0 Å². The largest absolute Gasteiger partial charge is 0.463 e. The summed E-state index contributed by atoms with van der Waals surface area (Å²) in [5.41, 5.74) is -0.153. The molecule has 0 aromatic heterocycles. The normalized spacial score (nSPS) is 12.6. The lowest BCUT2D eigenvalue weighted by atomic mass is 10.1. The van der Waals surface area contributed by atoms with Crippen molar-refractivity contribution in [3.63, 3.8) is 0 Å². The fraction of sp³-hybridized carbons (Fsp3) is 0.800. The molecule has 0 saturated carbocycles. The molecule has 0 aliphatic rings. The van der Waals surface area contributed by atoms with Crippen LogP contribution in [-0.2, 0) is 19.3 Å². The highest BCUT2D eigenvalue weighted by atomic mass is 17.2. The number of esters is 1. The predicted molar refractivity (Wildman–Crippen MR) is 79.0 cm³/mol. The van der Waals surface area contributed by atoms with E-state index in [0.29, 0.717) is 18.7 Å². The van der Waals surface area contributed by atoms with Crippen molar-refractivity contribution in [2.75, 3.05) is 19.9 Å². The van der Waals surface area contributed by atoms with Gasteiger partial charge in [-0.3, -0.25) is 4.90 Å². The van der Waals surface area contributed by atoms with Crippen molar-refractivity contribution < 1.29 is 19.3 Å². The topological polar surface area (TPSA) is 48.0 Å². The lowest BCUT2D eigenvalue weighted by molar-refractivity contribution is -0.367. The van der Waals surface area contributed by atoms with E-state index >= 15 is 0 Å². The van der Waals surface area contributed by atoms with Gasteiger partial charge in [-0.2, -0.15) is 0 Å². The fourth-order valence-electron chi connectivity index (χ4n) is 1.27. The Bertz CT molecular complexity index is 326. The van der Waals surface area contributed by atoms with Crippen molar-refractivity contribution in [1.29, 1.82) is 0 Å². The Morgan fingerprint density at radius 2 is 1.70 bits per heavy atom. The molecular formula is C15H29NO4. The van der Waals surface area contributed by atoms with E-state index in [1.54, 1.807) is 6.92 Å². The molecule has 0 aliphatic heterocycles. The summed E-state index contributed by atoms with van der Waals surface area (Å²) in [7, 11) is 0. The molecule has 0 heterocycles. The van der Waals surface area contributed by atoms with Gasteiger partial charge in [0.05, 0.1) is 12.2 Å². The second-order valence-corrected chi connectivity index (χ2v) is 6.64. The minimum Gasteiger partial charge on any atom is -0.463 e. The molecule has 0 atom stereocenters. The molecule has 0 saturated heterocycles. The molecule has 0 aromatic rings. The number of carbonyl (C=O) groups excluding carboxylic acids is 1. The van der Waals surface area contributed by atoms with Crippen LogP contribution in [0.1, 0.15) is 48.5 Å². The predicted octanol–water partition coefficient (Wildman–Crippen LogP) is 2.91. The molecule has 5 nitrogen and oxygen atoms in total. The van der Waals surface area contributed by atoms with Crippen LogP contribution in [0, 0.1) is 0 Å².